The second-order valence-electron chi connectivity index (χ2n) is 9.67. The van der Waals surface area contributed by atoms with Gasteiger partial charge in [-0.05, 0) is 49.3 Å². The summed E-state index contributed by atoms with van der Waals surface area (Å²) >= 11 is 0. The molecule has 0 aromatic heterocycles. The first kappa shape index (κ1) is 30.5. The highest BCUT2D eigenvalue weighted by molar-refractivity contribution is 5.92. The lowest BCUT2D eigenvalue weighted by Crippen LogP contribution is -2.56. The van der Waals surface area contributed by atoms with Crippen molar-refractivity contribution < 1.29 is 23.9 Å². The molecule has 206 valence electrons. The largest absolute Gasteiger partial charge is 0.445 e. The molecular weight excluding hydrogens is 484 g/mol. The van der Waals surface area contributed by atoms with Crippen molar-refractivity contribution in [2.45, 2.75) is 70.7 Å². The average Bonchev–Trinajstić information content (AvgIpc) is 2.91. The number of aldehydes is 1. The third kappa shape index (κ3) is 11.6. The minimum Gasteiger partial charge on any atom is -0.445 e. The first-order valence-electron chi connectivity index (χ1n) is 13.1. The van der Waals surface area contributed by atoms with Crippen LogP contribution in [0.5, 0.6) is 0 Å². The van der Waals surface area contributed by atoms with E-state index in [2.05, 4.69) is 16.0 Å². The molecule has 38 heavy (non-hydrogen) atoms. The van der Waals surface area contributed by atoms with Crippen molar-refractivity contribution in [2.24, 2.45) is 11.7 Å². The number of nitrogens with one attached hydrogen (secondary N) is 3. The number of hydrogen-bond acceptors (Lipinski definition) is 6. The number of ether oxygens (including phenoxy) is 1. The third-order valence-electron chi connectivity index (χ3n) is 5.91. The number of carbonyl (C=O) groups is 4. The van der Waals surface area contributed by atoms with Gasteiger partial charge in [0.15, 0.2) is 0 Å². The summed E-state index contributed by atoms with van der Waals surface area (Å²) in [5.74, 6) is -0.886. The van der Waals surface area contributed by atoms with Gasteiger partial charge in [0.05, 0.1) is 6.04 Å². The molecular formula is C29H40N4O5. The number of alkyl carbamates (subject to hydrolysis) is 1. The van der Waals surface area contributed by atoms with Crippen LogP contribution in [0, 0.1) is 5.92 Å². The van der Waals surface area contributed by atoms with Crippen molar-refractivity contribution in [3.05, 3.63) is 71.8 Å². The molecule has 0 aliphatic heterocycles. The highest BCUT2D eigenvalue weighted by Crippen LogP contribution is 2.10. The first-order valence-corrected chi connectivity index (χ1v) is 13.1. The molecule has 0 heterocycles. The fourth-order valence-corrected chi connectivity index (χ4v) is 3.91. The van der Waals surface area contributed by atoms with Crippen molar-refractivity contribution in [2.75, 3.05) is 6.54 Å². The van der Waals surface area contributed by atoms with Crippen molar-refractivity contribution in [3.8, 4) is 0 Å². The molecule has 0 aliphatic rings. The molecule has 2 rings (SSSR count). The fourth-order valence-electron chi connectivity index (χ4n) is 3.91. The Morgan fingerprint density at radius 1 is 0.842 bits per heavy atom. The topological polar surface area (TPSA) is 140 Å². The average molecular weight is 525 g/mol. The van der Waals surface area contributed by atoms with E-state index in [1.807, 2.05) is 74.5 Å². The normalized spacial score (nSPS) is 13.2. The zero-order valence-corrected chi connectivity index (χ0v) is 22.2. The summed E-state index contributed by atoms with van der Waals surface area (Å²) in [6, 6.07) is 16.0. The molecule has 0 fully saturated rings. The van der Waals surface area contributed by atoms with Gasteiger partial charge in [-0.15, -0.1) is 0 Å². The van der Waals surface area contributed by atoms with Gasteiger partial charge < -0.3 is 31.2 Å². The zero-order chi connectivity index (χ0) is 27.8. The van der Waals surface area contributed by atoms with Gasteiger partial charge in [-0.25, -0.2) is 4.79 Å². The Morgan fingerprint density at radius 3 is 2.03 bits per heavy atom. The van der Waals surface area contributed by atoms with E-state index in [0.717, 1.165) is 17.5 Å². The molecule has 0 saturated heterocycles. The Bertz CT molecular complexity index is 1000. The molecule has 0 radical (unpaired) electrons. The number of carbonyl (C=O) groups excluding carboxylic acids is 4. The molecule has 3 atom stereocenters. The fraction of sp³-hybridized carbons (Fsp3) is 0.448. The quantitative estimate of drug-likeness (QED) is 0.197. The molecule has 2 aromatic carbocycles. The lowest BCUT2D eigenvalue weighted by molar-refractivity contribution is -0.131. The van der Waals surface area contributed by atoms with Gasteiger partial charge in [0.1, 0.15) is 25.0 Å². The van der Waals surface area contributed by atoms with Crippen LogP contribution < -0.4 is 21.7 Å². The van der Waals surface area contributed by atoms with E-state index in [1.165, 1.54) is 0 Å². The van der Waals surface area contributed by atoms with Crippen LogP contribution in [-0.4, -0.2) is 48.9 Å². The van der Waals surface area contributed by atoms with Crippen molar-refractivity contribution >= 4 is 24.2 Å². The molecule has 0 saturated carbocycles. The molecule has 0 aliphatic carbocycles. The number of amides is 3. The van der Waals surface area contributed by atoms with E-state index >= 15 is 0 Å². The number of hydrogen-bond donors (Lipinski definition) is 4. The summed E-state index contributed by atoms with van der Waals surface area (Å²) in [5.41, 5.74) is 7.19. The van der Waals surface area contributed by atoms with E-state index in [4.69, 9.17) is 10.5 Å². The highest BCUT2D eigenvalue weighted by atomic mass is 16.5. The van der Waals surface area contributed by atoms with Crippen molar-refractivity contribution in [3.63, 3.8) is 0 Å². The predicted octanol–water partition coefficient (Wildman–Crippen LogP) is 2.87. The van der Waals surface area contributed by atoms with Gasteiger partial charge in [0.2, 0.25) is 11.8 Å². The smallest absolute Gasteiger partial charge is 0.408 e. The van der Waals surface area contributed by atoms with Crippen LogP contribution in [0.2, 0.25) is 0 Å². The van der Waals surface area contributed by atoms with Gasteiger partial charge in [-0.1, -0.05) is 74.5 Å². The monoisotopic (exact) mass is 524 g/mol. The Morgan fingerprint density at radius 2 is 1.45 bits per heavy atom. The van der Waals surface area contributed by atoms with Crippen LogP contribution in [0.1, 0.15) is 50.7 Å². The predicted molar refractivity (Wildman–Crippen MR) is 146 cm³/mol. The van der Waals surface area contributed by atoms with Crippen molar-refractivity contribution in [1.29, 1.82) is 0 Å². The van der Waals surface area contributed by atoms with Gasteiger partial charge in [-0.2, -0.15) is 0 Å². The number of unbranched alkanes of at least 4 members (excludes halogenated alkanes) is 1. The Hall–Kier alpha value is -3.72. The van der Waals surface area contributed by atoms with Gasteiger partial charge in [0, 0.05) is 6.42 Å². The summed E-state index contributed by atoms with van der Waals surface area (Å²) < 4.78 is 5.30. The summed E-state index contributed by atoms with van der Waals surface area (Å²) in [4.78, 5) is 50.6. The van der Waals surface area contributed by atoms with E-state index in [0.29, 0.717) is 32.1 Å². The van der Waals surface area contributed by atoms with Crippen LogP contribution in [-0.2, 0) is 32.1 Å². The number of benzene rings is 2. The lowest BCUT2D eigenvalue weighted by atomic mass is 10.0. The van der Waals surface area contributed by atoms with Crippen molar-refractivity contribution in [1.82, 2.24) is 16.0 Å². The Balaban J connectivity index is 2.10. The van der Waals surface area contributed by atoms with Gasteiger partial charge in [0.25, 0.3) is 0 Å². The van der Waals surface area contributed by atoms with Crippen LogP contribution in [0.4, 0.5) is 4.79 Å². The Kier molecular flexibility index (Phi) is 13.6. The van der Waals surface area contributed by atoms with Crippen LogP contribution in [0.15, 0.2) is 60.7 Å². The summed E-state index contributed by atoms with van der Waals surface area (Å²) in [5, 5.41) is 8.17. The SMILES string of the molecule is CC(C)C[C@H](NC(=O)OCc1ccccc1)C(=O)N[C@@H](Cc1ccccc1)C(=O)NC(C=O)CCCCN. The third-order valence-corrected chi connectivity index (χ3v) is 5.91. The van der Waals surface area contributed by atoms with Gasteiger partial charge in [-0.3, -0.25) is 9.59 Å². The second kappa shape index (κ2) is 16.9. The first-order chi connectivity index (χ1) is 18.3. The van der Waals surface area contributed by atoms with E-state index < -0.39 is 36.0 Å². The summed E-state index contributed by atoms with van der Waals surface area (Å²) in [7, 11) is 0. The zero-order valence-electron chi connectivity index (χ0n) is 22.2. The molecule has 0 spiro atoms. The summed E-state index contributed by atoms with van der Waals surface area (Å²) in [6.07, 6.45) is 2.45. The molecule has 9 nitrogen and oxygen atoms in total. The number of rotatable bonds is 16. The standard InChI is InChI=1S/C29H40N4O5/c1-21(2)17-25(33-29(37)38-20-23-13-7-4-8-14-23)28(36)32-26(18-22-11-5-3-6-12-22)27(35)31-24(19-34)15-9-10-16-30/h3-8,11-14,19,21,24-26H,9-10,15-18,20,30H2,1-2H3,(H,31,35)(H,32,36)(H,33,37)/t24?,25-,26-/m0/s1. The summed E-state index contributed by atoms with van der Waals surface area (Å²) in [6.45, 7) is 4.44. The molecule has 0 bridgehead atoms. The maximum atomic E-state index is 13.3. The maximum absolute atomic E-state index is 13.3. The minimum absolute atomic E-state index is 0.0684. The maximum Gasteiger partial charge on any atom is 0.408 e. The van der Waals surface area contributed by atoms with Gasteiger partial charge >= 0.3 is 6.09 Å². The highest BCUT2D eigenvalue weighted by Gasteiger charge is 2.29. The van der Waals surface area contributed by atoms with Crippen LogP contribution in [0.25, 0.3) is 0 Å². The number of nitrogens with two attached hydrogens (primary N) is 1. The second-order valence-corrected chi connectivity index (χ2v) is 9.67. The Labute approximate surface area is 224 Å². The minimum atomic E-state index is -0.946. The van der Waals surface area contributed by atoms with E-state index in [9.17, 15) is 19.2 Å². The molecule has 9 heteroatoms. The van der Waals surface area contributed by atoms with Crippen LogP contribution in [0.3, 0.4) is 0 Å². The van der Waals surface area contributed by atoms with Crippen LogP contribution >= 0.6 is 0 Å². The van der Waals surface area contributed by atoms with E-state index in [-0.39, 0.29) is 18.9 Å². The van der Waals surface area contributed by atoms with E-state index in [1.54, 1.807) is 0 Å². The molecule has 2 aromatic rings. The molecule has 5 N–H and O–H groups in total. The molecule has 3 amide bonds. The lowest BCUT2D eigenvalue weighted by Gasteiger charge is -2.25. The molecule has 1 unspecified atom stereocenters.